The first kappa shape index (κ1) is 23.7. The van der Waals surface area contributed by atoms with Crippen molar-refractivity contribution in [1.29, 1.82) is 5.26 Å². The van der Waals surface area contributed by atoms with Crippen molar-refractivity contribution < 1.29 is 22.7 Å². The van der Waals surface area contributed by atoms with Crippen LogP contribution in [0.25, 0.3) is 0 Å². The second-order valence-corrected chi connectivity index (χ2v) is 9.67. The van der Waals surface area contributed by atoms with Gasteiger partial charge in [-0.25, -0.2) is 12.8 Å². The number of anilines is 1. The van der Waals surface area contributed by atoms with Crippen LogP contribution in [0.15, 0.2) is 71.6 Å². The first-order chi connectivity index (χ1) is 15.0. The highest BCUT2D eigenvalue weighted by Crippen LogP contribution is 2.30. The molecule has 3 aromatic rings. The van der Waals surface area contributed by atoms with E-state index < -0.39 is 32.9 Å². The fraction of sp³-hybridized carbons (Fsp3) is 0.0909. The number of sulfone groups is 1. The van der Waals surface area contributed by atoms with Crippen LogP contribution in [0.3, 0.4) is 0 Å². The number of hydrogen-bond donors (Lipinski definition) is 2. The summed E-state index contributed by atoms with van der Waals surface area (Å²) < 4.78 is 39.4. The first-order valence-corrected chi connectivity index (χ1v) is 11.4. The summed E-state index contributed by atoms with van der Waals surface area (Å²) in [6.45, 7) is 0. The Morgan fingerprint density at radius 2 is 1.69 bits per heavy atom. The minimum atomic E-state index is -4.18. The lowest BCUT2D eigenvalue weighted by atomic mass is 9.94. The van der Waals surface area contributed by atoms with Crippen LogP contribution < -0.4 is 5.32 Å². The van der Waals surface area contributed by atoms with Gasteiger partial charge in [-0.05, 0) is 60.2 Å². The van der Waals surface area contributed by atoms with E-state index in [-0.39, 0.29) is 26.7 Å². The van der Waals surface area contributed by atoms with E-state index in [0.717, 1.165) is 24.3 Å². The van der Waals surface area contributed by atoms with Crippen molar-refractivity contribution in [2.75, 3.05) is 11.1 Å². The van der Waals surface area contributed by atoms with Gasteiger partial charge in [0.1, 0.15) is 11.9 Å². The van der Waals surface area contributed by atoms with Crippen molar-refractivity contribution in [3.8, 4) is 6.07 Å². The monoisotopic (exact) mass is 492 g/mol. The van der Waals surface area contributed by atoms with Crippen LogP contribution in [-0.4, -0.2) is 25.2 Å². The second-order valence-electron chi connectivity index (χ2n) is 6.84. The van der Waals surface area contributed by atoms with Gasteiger partial charge in [0.05, 0.1) is 21.2 Å². The SMILES string of the molecule is N#Cc1ccc(NC(=O)C(O)(CS(=O)(=O)c2ccc(Cl)cc2)c2ccc(F)cc2)cc1Cl. The summed E-state index contributed by atoms with van der Waals surface area (Å²) in [5, 5.41) is 23.1. The third kappa shape index (κ3) is 5.09. The zero-order valence-electron chi connectivity index (χ0n) is 16.2. The van der Waals surface area contributed by atoms with Gasteiger partial charge in [-0.3, -0.25) is 4.79 Å². The van der Waals surface area contributed by atoms with Crippen molar-refractivity contribution in [2.45, 2.75) is 10.5 Å². The smallest absolute Gasteiger partial charge is 0.262 e. The summed E-state index contributed by atoms with van der Waals surface area (Å²) in [4.78, 5) is 12.9. The number of halogens is 3. The van der Waals surface area contributed by atoms with Crippen molar-refractivity contribution >= 4 is 44.6 Å². The molecule has 10 heteroatoms. The molecule has 0 saturated heterocycles. The topological polar surface area (TPSA) is 107 Å². The normalized spacial score (nSPS) is 13.1. The molecule has 32 heavy (non-hydrogen) atoms. The van der Waals surface area contributed by atoms with Gasteiger partial charge in [0.15, 0.2) is 15.4 Å². The van der Waals surface area contributed by atoms with E-state index in [9.17, 15) is 22.7 Å². The Balaban J connectivity index is 2.02. The molecular formula is C22H15Cl2FN2O4S. The highest BCUT2D eigenvalue weighted by Gasteiger charge is 2.43. The molecule has 3 rings (SSSR count). The lowest BCUT2D eigenvalue weighted by Gasteiger charge is -2.27. The van der Waals surface area contributed by atoms with E-state index in [1.165, 1.54) is 42.5 Å². The van der Waals surface area contributed by atoms with Crippen LogP contribution in [0.1, 0.15) is 11.1 Å². The fourth-order valence-electron chi connectivity index (χ4n) is 2.92. The number of nitriles is 1. The zero-order chi connectivity index (χ0) is 23.5. The van der Waals surface area contributed by atoms with Gasteiger partial charge in [-0.1, -0.05) is 35.3 Å². The lowest BCUT2D eigenvalue weighted by Crippen LogP contribution is -2.46. The number of aliphatic hydroxyl groups is 1. The Hall–Kier alpha value is -2.96. The highest BCUT2D eigenvalue weighted by molar-refractivity contribution is 7.91. The molecule has 2 N–H and O–H groups in total. The third-order valence-corrected chi connectivity index (χ3v) is 6.97. The summed E-state index contributed by atoms with van der Waals surface area (Å²) in [5.41, 5.74) is -2.41. The number of benzene rings is 3. The molecule has 0 radical (unpaired) electrons. The predicted molar refractivity (Wildman–Crippen MR) is 119 cm³/mol. The summed E-state index contributed by atoms with van der Waals surface area (Å²) >= 11 is 11.8. The quantitative estimate of drug-likeness (QED) is 0.533. The number of nitrogens with zero attached hydrogens (tertiary/aromatic N) is 1. The number of amides is 1. The van der Waals surface area contributed by atoms with Gasteiger partial charge in [-0.2, -0.15) is 5.26 Å². The fourth-order valence-corrected chi connectivity index (χ4v) is 4.84. The maximum atomic E-state index is 13.4. The third-order valence-electron chi connectivity index (χ3n) is 4.62. The van der Waals surface area contributed by atoms with Crippen LogP contribution >= 0.6 is 23.2 Å². The number of carbonyl (C=O) groups is 1. The van der Waals surface area contributed by atoms with E-state index in [0.29, 0.717) is 5.02 Å². The molecule has 0 aliphatic carbocycles. The van der Waals surface area contributed by atoms with Gasteiger partial charge in [0.25, 0.3) is 5.91 Å². The second kappa shape index (κ2) is 9.27. The Labute approximate surface area is 193 Å². The minimum Gasteiger partial charge on any atom is -0.374 e. The number of hydrogen-bond acceptors (Lipinski definition) is 5. The van der Waals surface area contributed by atoms with Gasteiger partial charge in [0.2, 0.25) is 0 Å². The Bertz CT molecular complexity index is 1310. The van der Waals surface area contributed by atoms with Crippen LogP contribution in [0.5, 0.6) is 0 Å². The molecule has 0 spiro atoms. The van der Waals surface area contributed by atoms with E-state index in [1.807, 2.05) is 6.07 Å². The molecule has 0 aliphatic rings. The van der Waals surface area contributed by atoms with E-state index in [4.69, 9.17) is 28.5 Å². The Morgan fingerprint density at radius 1 is 1.06 bits per heavy atom. The molecular weight excluding hydrogens is 478 g/mol. The summed E-state index contributed by atoms with van der Waals surface area (Å²) in [7, 11) is -4.18. The average molecular weight is 493 g/mol. The predicted octanol–water partition coefficient (Wildman–Crippen LogP) is 4.30. The molecule has 1 unspecified atom stereocenters. The molecule has 1 atom stereocenters. The average Bonchev–Trinajstić information content (AvgIpc) is 2.74. The number of rotatable bonds is 6. The van der Waals surface area contributed by atoms with Crippen molar-refractivity contribution in [3.63, 3.8) is 0 Å². The molecule has 0 fully saturated rings. The molecule has 1 amide bonds. The van der Waals surface area contributed by atoms with Crippen LogP contribution in [-0.2, 0) is 20.2 Å². The number of nitrogens with one attached hydrogen (secondary N) is 1. The molecule has 164 valence electrons. The maximum absolute atomic E-state index is 13.4. The van der Waals surface area contributed by atoms with Gasteiger partial charge in [-0.15, -0.1) is 0 Å². The largest absolute Gasteiger partial charge is 0.374 e. The Kier molecular flexibility index (Phi) is 6.86. The maximum Gasteiger partial charge on any atom is 0.262 e. The number of carbonyl (C=O) groups excluding carboxylic acids is 1. The van der Waals surface area contributed by atoms with Crippen LogP contribution in [0.4, 0.5) is 10.1 Å². The molecule has 6 nitrogen and oxygen atoms in total. The summed E-state index contributed by atoms with van der Waals surface area (Å²) in [5.74, 6) is -2.73. The van der Waals surface area contributed by atoms with Crippen LogP contribution in [0, 0.1) is 17.1 Å². The van der Waals surface area contributed by atoms with Crippen LogP contribution in [0.2, 0.25) is 10.0 Å². The molecule has 0 aliphatic heterocycles. The van der Waals surface area contributed by atoms with Gasteiger partial charge in [0, 0.05) is 10.7 Å². The van der Waals surface area contributed by atoms with Crippen molar-refractivity contribution in [3.05, 3.63) is 93.7 Å². The molecule has 0 bridgehead atoms. The first-order valence-electron chi connectivity index (χ1n) is 9.03. The zero-order valence-corrected chi connectivity index (χ0v) is 18.5. The Morgan fingerprint density at radius 3 is 2.25 bits per heavy atom. The van der Waals surface area contributed by atoms with E-state index >= 15 is 0 Å². The molecule has 0 aromatic heterocycles. The van der Waals surface area contributed by atoms with Gasteiger partial charge >= 0.3 is 0 Å². The lowest BCUT2D eigenvalue weighted by molar-refractivity contribution is -0.132. The highest BCUT2D eigenvalue weighted by atomic mass is 35.5. The minimum absolute atomic E-state index is 0.0596. The van der Waals surface area contributed by atoms with E-state index in [2.05, 4.69) is 5.32 Å². The van der Waals surface area contributed by atoms with Crippen molar-refractivity contribution in [2.24, 2.45) is 0 Å². The summed E-state index contributed by atoms with van der Waals surface area (Å²) in [6, 6.07) is 15.4. The van der Waals surface area contributed by atoms with Gasteiger partial charge < -0.3 is 10.4 Å². The summed E-state index contributed by atoms with van der Waals surface area (Å²) in [6.07, 6.45) is 0. The van der Waals surface area contributed by atoms with E-state index in [1.54, 1.807) is 0 Å². The molecule has 0 saturated carbocycles. The molecule has 0 heterocycles. The standard InChI is InChI=1S/C22H15Cl2FN2O4S/c23-16-4-9-19(10-5-16)32(30,31)13-22(29,15-2-6-17(25)7-3-15)21(28)27-18-8-1-14(12-26)20(24)11-18/h1-11,29H,13H2,(H,27,28). The van der Waals surface area contributed by atoms with Crippen molar-refractivity contribution in [1.82, 2.24) is 0 Å². The molecule has 3 aromatic carbocycles.